The fourth-order valence-corrected chi connectivity index (χ4v) is 2.56. The highest BCUT2D eigenvalue weighted by Crippen LogP contribution is 2.27. The molecule has 0 aliphatic rings. The molecule has 0 unspecified atom stereocenters. The van der Waals surface area contributed by atoms with Crippen molar-refractivity contribution in [2.24, 2.45) is 0 Å². The molecule has 0 saturated carbocycles. The average molecular weight is 314 g/mol. The number of aldehydes is 1. The smallest absolute Gasteiger partial charge is 0.170 e. The monoisotopic (exact) mass is 313 g/mol. The van der Waals surface area contributed by atoms with E-state index in [1.807, 2.05) is 31.2 Å². The van der Waals surface area contributed by atoms with Gasteiger partial charge in [0.05, 0.1) is 11.9 Å². The Morgan fingerprint density at radius 1 is 1.27 bits per heavy atom. The molecular formula is C17H16ClN3O. The second-order valence-electron chi connectivity index (χ2n) is 5.66. The van der Waals surface area contributed by atoms with Crippen LogP contribution < -0.4 is 0 Å². The molecule has 4 nitrogen and oxygen atoms in total. The van der Waals surface area contributed by atoms with E-state index in [9.17, 15) is 4.79 Å². The highest BCUT2D eigenvalue weighted by atomic mass is 35.5. The SMILES string of the molecule is Cc1cc(-c2cc(C(C)C)c3nc(C=O)cn3n2)ccc1Cl. The zero-order chi connectivity index (χ0) is 15.9. The molecule has 22 heavy (non-hydrogen) atoms. The molecular weight excluding hydrogens is 298 g/mol. The Labute approximate surface area is 133 Å². The minimum absolute atomic E-state index is 0.277. The molecule has 0 spiro atoms. The van der Waals surface area contributed by atoms with Gasteiger partial charge in [0.25, 0.3) is 0 Å². The second kappa shape index (κ2) is 5.54. The quantitative estimate of drug-likeness (QED) is 0.677. The molecule has 0 aliphatic heterocycles. The number of hydrogen-bond donors (Lipinski definition) is 0. The van der Waals surface area contributed by atoms with Crippen molar-refractivity contribution in [1.82, 2.24) is 14.6 Å². The maximum absolute atomic E-state index is 11.0. The summed E-state index contributed by atoms with van der Waals surface area (Å²) in [4.78, 5) is 15.3. The highest BCUT2D eigenvalue weighted by molar-refractivity contribution is 6.31. The summed E-state index contributed by atoms with van der Waals surface area (Å²) >= 11 is 6.09. The van der Waals surface area contributed by atoms with Gasteiger partial charge in [0.1, 0.15) is 5.69 Å². The van der Waals surface area contributed by atoms with Crippen molar-refractivity contribution in [2.75, 3.05) is 0 Å². The summed E-state index contributed by atoms with van der Waals surface area (Å²) in [6.07, 6.45) is 2.39. The lowest BCUT2D eigenvalue weighted by Crippen LogP contribution is -2.00. The van der Waals surface area contributed by atoms with E-state index >= 15 is 0 Å². The third kappa shape index (κ3) is 2.50. The molecule has 112 valence electrons. The van der Waals surface area contributed by atoms with E-state index in [0.29, 0.717) is 5.69 Å². The maximum atomic E-state index is 11.0. The van der Waals surface area contributed by atoms with Gasteiger partial charge in [-0.1, -0.05) is 31.5 Å². The van der Waals surface area contributed by atoms with E-state index in [1.165, 1.54) is 0 Å². The van der Waals surface area contributed by atoms with Crippen molar-refractivity contribution in [1.29, 1.82) is 0 Å². The Hall–Kier alpha value is -2.20. The summed E-state index contributed by atoms with van der Waals surface area (Å²) in [6, 6.07) is 7.87. The number of aryl methyl sites for hydroxylation is 1. The molecule has 0 saturated heterocycles. The predicted molar refractivity (Wildman–Crippen MR) is 87.6 cm³/mol. The zero-order valence-corrected chi connectivity index (χ0v) is 13.4. The molecule has 3 aromatic rings. The van der Waals surface area contributed by atoms with Crippen LogP contribution in [0.25, 0.3) is 16.9 Å². The Morgan fingerprint density at radius 3 is 2.68 bits per heavy atom. The van der Waals surface area contributed by atoms with Crippen LogP contribution in [0.5, 0.6) is 0 Å². The van der Waals surface area contributed by atoms with Crippen molar-refractivity contribution in [2.45, 2.75) is 26.7 Å². The van der Waals surface area contributed by atoms with Crippen molar-refractivity contribution >= 4 is 23.5 Å². The van der Waals surface area contributed by atoms with Crippen LogP contribution in [0.4, 0.5) is 0 Å². The van der Waals surface area contributed by atoms with Crippen molar-refractivity contribution < 1.29 is 4.79 Å². The number of halogens is 1. The van der Waals surface area contributed by atoms with Crippen LogP contribution in [-0.4, -0.2) is 20.9 Å². The van der Waals surface area contributed by atoms with E-state index in [4.69, 9.17) is 11.6 Å². The van der Waals surface area contributed by atoms with Gasteiger partial charge in [-0.2, -0.15) is 5.10 Å². The number of imidazole rings is 1. The lowest BCUT2D eigenvalue weighted by molar-refractivity contribution is 0.111. The number of nitrogens with zero attached hydrogens (tertiary/aromatic N) is 3. The lowest BCUT2D eigenvalue weighted by atomic mass is 10.0. The van der Waals surface area contributed by atoms with Gasteiger partial charge in [-0.05, 0) is 36.6 Å². The molecule has 0 bridgehead atoms. The number of aromatic nitrogens is 3. The molecule has 0 aliphatic carbocycles. The number of fused-ring (bicyclic) bond motifs is 1. The van der Waals surface area contributed by atoms with E-state index < -0.39 is 0 Å². The first-order valence-electron chi connectivity index (χ1n) is 7.11. The first-order valence-corrected chi connectivity index (χ1v) is 7.49. The van der Waals surface area contributed by atoms with Gasteiger partial charge >= 0.3 is 0 Å². The zero-order valence-electron chi connectivity index (χ0n) is 12.7. The van der Waals surface area contributed by atoms with Crippen molar-refractivity contribution in [3.8, 4) is 11.3 Å². The summed E-state index contributed by atoms with van der Waals surface area (Å²) in [7, 11) is 0. The van der Waals surface area contributed by atoms with Crippen LogP contribution >= 0.6 is 11.6 Å². The third-order valence-corrected chi connectivity index (χ3v) is 4.09. The minimum Gasteiger partial charge on any atom is -0.296 e. The van der Waals surface area contributed by atoms with Gasteiger partial charge in [-0.15, -0.1) is 0 Å². The molecule has 0 fully saturated rings. The van der Waals surface area contributed by atoms with Crippen molar-refractivity contribution in [3.63, 3.8) is 0 Å². The van der Waals surface area contributed by atoms with Gasteiger partial charge in [0.2, 0.25) is 0 Å². The van der Waals surface area contributed by atoms with Crippen LogP contribution in [0.2, 0.25) is 5.02 Å². The Balaban J connectivity index is 2.25. The standard InChI is InChI=1S/C17H16ClN3O/c1-10(2)14-7-16(12-4-5-15(18)11(3)6-12)20-21-8-13(9-22)19-17(14)21/h4-10H,1-3H3. The Kier molecular flexibility index (Phi) is 3.71. The van der Waals surface area contributed by atoms with Gasteiger partial charge in [-0.3, -0.25) is 4.79 Å². The summed E-state index contributed by atoms with van der Waals surface area (Å²) < 4.78 is 1.68. The number of rotatable bonds is 3. The molecule has 2 heterocycles. The molecule has 1 aromatic carbocycles. The first kappa shape index (κ1) is 14.7. The molecule has 0 N–H and O–H groups in total. The normalized spacial score (nSPS) is 11.3. The third-order valence-electron chi connectivity index (χ3n) is 3.67. The fraction of sp³-hybridized carbons (Fsp3) is 0.235. The predicted octanol–water partition coefficient (Wildman–Crippen LogP) is 4.29. The van der Waals surface area contributed by atoms with Crippen LogP contribution in [-0.2, 0) is 0 Å². The molecule has 5 heteroatoms. The average Bonchev–Trinajstić information content (AvgIpc) is 2.91. The molecule has 2 aromatic heterocycles. The first-order chi connectivity index (χ1) is 10.5. The van der Waals surface area contributed by atoms with E-state index in [1.54, 1.807) is 10.7 Å². The van der Waals surface area contributed by atoms with E-state index in [0.717, 1.165) is 39.3 Å². The molecule has 0 amide bonds. The van der Waals surface area contributed by atoms with Crippen molar-refractivity contribution in [3.05, 3.63) is 52.3 Å². The molecule has 0 atom stereocenters. The number of carbonyl (C=O) groups is 1. The minimum atomic E-state index is 0.277. The number of carbonyl (C=O) groups excluding carboxylic acids is 1. The lowest BCUT2D eigenvalue weighted by Gasteiger charge is -2.10. The van der Waals surface area contributed by atoms with Crippen LogP contribution in [0.15, 0.2) is 30.5 Å². The fourth-order valence-electron chi connectivity index (χ4n) is 2.45. The molecule has 0 radical (unpaired) electrons. The molecule has 3 rings (SSSR count). The van der Waals surface area contributed by atoms with Crippen LogP contribution in [0.3, 0.4) is 0 Å². The van der Waals surface area contributed by atoms with Gasteiger partial charge in [-0.25, -0.2) is 9.50 Å². The van der Waals surface area contributed by atoms with Gasteiger partial charge in [0.15, 0.2) is 11.9 Å². The summed E-state index contributed by atoms with van der Waals surface area (Å²) in [6.45, 7) is 6.17. The van der Waals surface area contributed by atoms with Crippen LogP contribution in [0.1, 0.15) is 41.4 Å². The van der Waals surface area contributed by atoms with E-state index in [-0.39, 0.29) is 5.92 Å². The number of benzene rings is 1. The largest absolute Gasteiger partial charge is 0.296 e. The Bertz CT molecular complexity index is 868. The second-order valence-corrected chi connectivity index (χ2v) is 6.06. The summed E-state index contributed by atoms with van der Waals surface area (Å²) in [5.74, 6) is 0.277. The highest BCUT2D eigenvalue weighted by Gasteiger charge is 2.14. The number of hydrogen-bond acceptors (Lipinski definition) is 3. The maximum Gasteiger partial charge on any atom is 0.170 e. The van der Waals surface area contributed by atoms with Gasteiger partial charge < -0.3 is 0 Å². The van der Waals surface area contributed by atoms with Crippen LogP contribution in [0, 0.1) is 6.92 Å². The Morgan fingerprint density at radius 2 is 2.05 bits per heavy atom. The van der Waals surface area contributed by atoms with E-state index in [2.05, 4.69) is 23.9 Å². The van der Waals surface area contributed by atoms with Gasteiger partial charge in [0, 0.05) is 16.1 Å². The summed E-state index contributed by atoms with van der Waals surface area (Å²) in [5.41, 5.74) is 5.01. The topological polar surface area (TPSA) is 47.3 Å². The summed E-state index contributed by atoms with van der Waals surface area (Å²) in [5, 5.41) is 5.32.